The molecule has 1 amide bonds. The van der Waals surface area contributed by atoms with Crippen molar-refractivity contribution in [1.82, 2.24) is 14.9 Å². The van der Waals surface area contributed by atoms with Crippen LogP contribution >= 0.6 is 22.9 Å². The summed E-state index contributed by atoms with van der Waals surface area (Å²) < 4.78 is 1.76. The highest BCUT2D eigenvalue weighted by Gasteiger charge is 2.25. The average Bonchev–Trinajstić information content (AvgIpc) is 3.44. The zero-order chi connectivity index (χ0) is 27.5. The molecule has 0 aliphatic heterocycles. The van der Waals surface area contributed by atoms with E-state index < -0.39 is 0 Å². The van der Waals surface area contributed by atoms with Gasteiger partial charge in [-0.1, -0.05) is 75.0 Å². The average molecular weight is 560 g/mol. The number of hydrogen-bond donors (Lipinski definition) is 1. The molecule has 2 aromatic heterocycles. The number of pyridine rings is 1. The van der Waals surface area contributed by atoms with Crippen LogP contribution in [0.5, 0.6) is 0 Å². The van der Waals surface area contributed by atoms with Gasteiger partial charge in [0, 0.05) is 27.7 Å². The van der Waals surface area contributed by atoms with Crippen LogP contribution in [0, 0.1) is 6.92 Å². The highest BCUT2D eigenvalue weighted by Crippen LogP contribution is 2.31. The quantitative estimate of drug-likeness (QED) is 0.251. The Bertz CT molecular complexity index is 1530. The lowest BCUT2D eigenvalue weighted by Crippen LogP contribution is -2.38. The highest BCUT2D eigenvalue weighted by molar-refractivity contribution is 7.13. The standard InChI is InChI=1S/C32H34ClN3O2S/c1-4-21-10-9-11-22(5-2)29(21)36-20(3)26(30(37)34-25-12-7-6-8-13-25)18-27(32(36)38)31-35-28(19-39-31)23-14-16-24(33)17-15-23/h9-11,14-19,25H,4-8,12-13H2,1-3H3,(H,34,37). The molecule has 0 atom stereocenters. The van der Waals surface area contributed by atoms with Crippen LogP contribution < -0.4 is 10.9 Å². The molecule has 202 valence electrons. The molecule has 1 fully saturated rings. The number of halogens is 1. The van der Waals surface area contributed by atoms with Crippen LogP contribution in [0.4, 0.5) is 0 Å². The van der Waals surface area contributed by atoms with Gasteiger partial charge in [-0.3, -0.25) is 14.2 Å². The van der Waals surface area contributed by atoms with Gasteiger partial charge in [-0.15, -0.1) is 11.3 Å². The van der Waals surface area contributed by atoms with E-state index in [4.69, 9.17) is 16.6 Å². The van der Waals surface area contributed by atoms with E-state index in [0.29, 0.717) is 26.9 Å². The molecule has 0 radical (unpaired) electrons. The maximum atomic E-state index is 14.3. The third-order valence-corrected chi connectivity index (χ3v) is 8.82. The fourth-order valence-corrected chi connectivity index (χ4v) is 6.48. The number of aromatic nitrogens is 2. The van der Waals surface area contributed by atoms with Crippen molar-refractivity contribution >= 4 is 28.8 Å². The number of rotatable bonds is 7. The Labute approximate surface area is 238 Å². The SMILES string of the molecule is CCc1cccc(CC)c1-n1c(C)c(C(=O)NC2CCCCC2)cc(-c2nc(-c3ccc(Cl)cc3)cs2)c1=O. The number of nitrogens with zero attached hydrogens (tertiary/aromatic N) is 2. The maximum absolute atomic E-state index is 14.3. The molecule has 39 heavy (non-hydrogen) atoms. The molecule has 1 aliphatic carbocycles. The van der Waals surface area contributed by atoms with Crippen LogP contribution in [0.25, 0.3) is 27.5 Å². The van der Waals surface area contributed by atoms with Crippen molar-refractivity contribution in [2.45, 2.75) is 71.8 Å². The van der Waals surface area contributed by atoms with Gasteiger partial charge in [-0.05, 0) is 61.9 Å². The highest BCUT2D eigenvalue weighted by atomic mass is 35.5. The monoisotopic (exact) mass is 559 g/mol. The molecule has 2 heterocycles. The molecule has 0 saturated heterocycles. The van der Waals surface area contributed by atoms with Crippen LogP contribution in [0.15, 0.2) is 58.7 Å². The lowest BCUT2D eigenvalue weighted by Gasteiger charge is -2.24. The van der Waals surface area contributed by atoms with Crippen LogP contribution in [-0.2, 0) is 12.8 Å². The molecule has 1 N–H and O–H groups in total. The first-order valence-electron chi connectivity index (χ1n) is 13.8. The molecule has 2 aromatic carbocycles. The van der Waals surface area contributed by atoms with Gasteiger partial charge >= 0.3 is 0 Å². The minimum atomic E-state index is -0.158. The predicted octanol–water partition coefficient (Wildman–Crippen LogP) is 7.78. The number of benzene rings is 2. The van der Waals surface area contributed by atoms with Crippen molar-refractivity contribution in [3.8, 4) is 27.5 Å². The normalized spacial score (nSPS) is 13.9. The predicted molar refractivity (Wildman–Crippen MR) is 161 cm³/mol. The van der Waals surface area contributed by atoms with Crippen molar-refractivity contribution in [2.24, 2.45) is 0 Å². The lowest BCUT2D eigenvalue weighted by atomic mass is 9.95. The number of nitrogens with one attached hydrogen (secondary N) is 1. The number of hydrogen-bond acceptors (Lipinski definition) is 4. The number of carbonyl (C=O) groups excluding carboxylic acids is 1. The maximum Gasteiger partial charge on any atom is 0.265 e. The summed E-state index contributed by atoms with van der Waals surface area (Å²) in [5, 5.41) is 6.46. The first-order chi connectivity index (χ1) is 18.9. The summed E-state index contributed by atoms with van der Waals surface area (Å²) in [6.45, 7) is 6.07. The minimum Gasteiger partial charge on any atom is -0.349 e. The third-order valence-electron chi connectivity index (χ3n) is 7.70. The Balaban J connectivity index is 1.69. The van der Waals surface area contributed by atoms with Crippen molar-refractivity contribution < 1.29 is 4.79 Å². The lowest BCUT2D eigenvalue weighted by molar-refractivity contribution is 0.0926. The Kier molecular flexibility index (Phi) is 8.34. The van der Waals surface area contributed by atoms with Gasteiger partial charge in [0.25, 0.3) is 11.5 Å². The largest absolute Gasteiger partial charge is 0.349 e. The summed E-state index contributed by atoms with van der Waals surface area (Å²) in [4.78, 5) is 32.8. The van der Waals surface area contributed by atoms with E-state index >= 15 is 0 Å². The molecular formula is C32H34ClN3O2S. The molecule has 7 heteroatoms. The van der Waals surface area contributed by atoms with E-state index in [2.05, 4.69) is 31.3 Å². The molecule has 4 aromatic rings. The van der Waals surface area contributed by atoms with Crippen molar-refractivity contribution in [1.29, 1.82) is 0 Å². The van der Waals surface area contributed by atoms with Gasteiger partial charge in [-0.25, -0.2) is 4.98 Å². The van der Waals surface area contributed by atoms with Crippen LogP contribution in [0.1, 0.15) is 73.1 Å². The van der Waals surface area contributed by atoms with Crippen molar-refractivity contribution in [3.63, 3.8) is 0 Å². The number of thiazole rings is 1. The zero-order valence-corrected chi connectivity index (χ0v) is 24.3. The fraction of sp³-hybridized carbons (Fsp3) is 0.344. The van der Waals surface area contributed by atoms with Gasteiger partial charge in [0.15, 0.2) is 0 Å². The summed E-state index contributed by atoms with van der Waals surface area (Å²) >= 11 is 7.49. The van der Waals surface area contributed by atoms with E-state index in [1.54, 1.807) is 10.6 Å². The van der Waals surface area contributed by atoms with E-state index in [1.165, 1.54) is 17.8 Å². The second-order valence-electron chi connectivity index (χ2n) is 10.2. The van der Waals surface area contributed by atoms with Gasteiger partial charge < -0.3 is 5.32 Å². The Hall–Kier alpha value is -3.22. The Morgan fingerprint density at radius 2 is 1.72 bits per heavy atom. The molecule has 0 spiro atoms. The molecule has 5 nitrogen and oxygen atoms in total. The van der Waals surface area contributed by atoms with Gasteiger partial charge in [0.1, 0.15) is 5.01 Å². The summed E-state index contributed by atoms with van der Waals surface area (Å²) in [6.07, 6.45) is 7.02. The summed E-state index contributed by atoms with van der Waals surface area (Å²) in [6, 6.07) is 15.6. The van der Waals surface area contributed by atoms with E-state index in [0.717, 1.165) is 66.6 Å². The van der Waals surface area contributed by atoms with Gasteiger partial charge in [-0.2, -0.15) is 0 Å². The molecule has 1 aliphatic rings. The molecular weight excluding hydrogens is 526 g/mol. The molecule has 5 rings (SSSR count). The second kappa shape index (κ2) is 11.9. The smallest absolute Gasteiger partial charge is 0.265 e. The summed E-state index contributed by atoms with van der Waals surface area (Å²) in [7, 11) is 0. The fourth-order valence-electron chi connectivity index (χ4n) is 5.52. The molecule has 1 saturated carbocycles. The number of carbonyl (C=O) groups is 1. The zero-order valence-electron chi connectivity index (χ0n) is 22.7. The number of para-hydroxylation sites is 1. The van der Waals surface area contributed by atoms with Crippen LogP contribution in [0.2, 0.25) is 5.02 Å². The molecule has 0 bridgehead atoms. The topological polar surface area (TPSA) is 64.0 Å². The Morgan fingerprint density at radius 1 is 1.05 bits per heavy atom. The number of amides is 1. The summed E-state index contributed by atoms with van der Waals surface area (Å²) in [5.41, 5.74) is 6.19. The second-order valence-corrected chi connectivity index (χ2v) is 11.5. The van der Waals surface area contributed by atoms with Crippen molar-refractivity contribution in [3.05, 3.63) is 91.7 Å². The van der Waals surface area contributed by atoms with E-state index in [1.807, 2.05) is 42.6 Å². The van der Waals surface area contributed by atoms with E-state index in [9.17, 15) is 9.59 Å². The first-order valence-corrected chi connectivity index (χ1v) is 15.1. The summed E-state index contributed by atoms with van der Waals surface area (Å²) in [5.74, 6) is -0.129. The third kappa shape index (κ3) is 5.59. The van der Waals surface area contributed by atoms with E-state index in [-0.39, 0.29) is 17.5 Å². The van der Waals surface area contributed by atoms with Crippen LogP contribution in [0.3, 0.4) is 0 Å². The van der Waals surface area contributed by atoms with Gasteiger partial charge in [0.05, 0.1) is 22.5 Å². The minimum absolute atomic E-state index is 0.129. The Morgan fingerprint density at radius 3 is 2.36 bits per heavy atom. The van der Waals surface area contributed by atoms with Gasteiger partial charge in [0.2, 0.25) is 0 Å². The van der Waals surface area contributed by atoms with Crippen LogP contribution in [-0.4, -0.2) is 21.5 Å². The van der Waals surface area contributed by atoms with Crippen molar-refractivity contribution in [2.75, 3.05) is 0 Å². The number of aryl methyl sites for hydroxylation is 2. The molecule has 0 unspecified atom stereocenters. The first kappa shape index (κ1) is 27.4.